The van der Waals surface area contributed by atoms with Gasteiger partial charge in [-0.25, -0.2) is 0 Å². The number of piperazine rings is 1. The van der Waals surface area contributed by atoms with Gasteiger partial charge in [-0.05, 0) is 0 Å². The van der Waals surface area contributed by atoms with E-state index in [1.807, 2.05) is 0 Å². The predicted octanol–water partition coefficient (Wildman–Crippen LogP) is -0.833. The number of hydrogen-bond acceptors (Lipinski definition) is 4. The van der Waals surface area contributed by atoms with E-state index in [9.17, 15) is 0 Å². The molecule has 11 heavy (non-hydrogen) atoms. The summed E-state index contributed by atoms with van der Waals surface area (Å²) in [5.41, 5.74) is 0. The van der Waals surface area contributed by atoms with Gasteiger partial charge in [0.1, 0.15) is 0 Å². The first-order valence-corrected chi connectivity index (χ1v) is 3.88. The molecular weight excluding hydrogens is 144 g/mol. The van der Waals surface area contributed by atoms with Crippen molar-refractivity contribution in [2.45, 2.75) is 12.3 Å². The van der Waals surface area contributed by atoms with Crippen LogP contribution in [-0.2, 0) is 9.47 Å². The number of methoxy groups -OCH3 is 2. The zero-order chi connectivity index (χ0) is 8.10. The quantitative estimate of drug-likeness (QED) is 0.529. The lowest BCUT2D eigenvalue weighted by Crippen LogP contribution is -2.54. The highest BCUT2D eigenvalue weighted by Gasteiger charge is 2.21. The molecule has 0 saturated carbocycles. The van der Waals surface area contributed by atoms with E-state index in [0.29, 0.717) is 0 Å². The van der Waals surface area contributed by atoms with Crippen LogP contribution in [0.25, 0.3) is 0 Å². The molecule has 1 saturated heterocycles. The Kier molecular flexibility index (Phi) is 3.79. The first-order valence-electron chi connectivity index (χ1n) is 3.88. The van der Waals surface area contributed by atoms with Gasteiger partial charge >= 0.3 is 0 Å². The van der Waals surface area contributed by atoms with Crippen molar-refractivity contribution in [3.8, 4) is 0 Å². The minimum absolute atomic E-state index is 0.136. The van der Waals surface area contributed by atoms with Gasteiger partial charge < -0.3 is 20.1 Å². The summed E-state index contributed by atoms with van der Waals surface area (Å²) in [6.45, 7) is 2.91. The van der Waals surface area contributed by atoms with Crippen molar-refractivity contribution < 1.29 is 9.47 Å². The minimum atomic E-state index is -0.136. The maximum atomic E-state index is 5.11. The van der Waals surface area contributed by atoms with E-state index in [1.165, 1.54) is 0 Å². The average Bonchev–Trinajstić information content (AvgIpc) is 2.09. The van der Waals surface area contributed by atoms with Gasteiger partial charge in [0.05, 0.1) is 6.04 Å². The van der Waals surface area contributed by atoms with Gasteiger partial charge in [-0.2, -0.15) is 0 Å². The Morgan fingerprint density at radius 3 is 2.45 bits per heavy atom. The molecule has 4 heteroatoms. The minimum Gasteiger partial charge on any atom is -0.354 e. The van der Waals surface area contributed by atoms with Crippen molar-refractivity contribution in [1.29, 1.82) is 0 Å². The van der Waals surface area contributed by atoms with Crippen LogP contribution in [0.4, 0.5) is 0 Å². The first-order chi connectivity index (χ1) is 5.38. The monoisotopic (exact) mass is 160 g/mol. The Morgan fingerprint density at radius 1 is 1.27 bits per heavy atom. The zero-order valence-electron chi connectivity index (χ0n) is 7.09. The normalized spacial score (nSPS) is 25.9. The fraction of sp³-hybridized carbons (Fsp3) is 1.00. The van der Waals surface area contributed by atoms with Gasteiger partial charge in [-0.1, -0.05) is 0 Å². The molecule has 0 aromatic heterocycles. The first kappa shape index (κ1) is 8.93. The third kappa shape index (κ3) is 2.41. The molecule has 4 nitrogen and oxygen atoms in total. The molecule has 1 atom stereocenters. The van der Waals surface area contributed by atoms with Gasteiger partial charge in [0, 0.05) is 33.9 Å². The molecule has 1 unspecified atom stereocenters. The molecule has 1 fully saturated rings. The summed E-state index contributed by atoms with van der Waals surface area (Å²) in [5, 5.41) is 6.57. The molecule has 66 valence electrons. The maximum absolute atomic E-state index is 5.11. The lowest BCUT2D eigenvalue weighted by Gasteiger charge is -2.29. The summed E-state index contributed by atoms with van der Waals surface area (Å²) in [4.78, 5) is 0. The molecule has 1 aliphatic heterocycles. The van der Waals surface area contributed by atoms with Crippen LogP contribution in [0.15, 0.2) is 0 Å². The van der Waals surface area contributed by atoms with Crippen molar-refractivity contribution in [3.63, 3.8) is 0 Å². The second-order valence-corrected chi connectivity index (χ2v) is 2.60. The van der Waals surface area contributed by atoms with Crippen LogP contribution in [0, 0.1) is 0 Å². The van der Waals surface area contributed by atoms with Gasteiger partial charge in [-0.3, -0.25) is 0 Å². The van der Waals surface area contributed by atoms with E-state index in [-0.39, 0.29) is 12.3 Å². The molecule has 0 radical (unpaired) electrons. The third-order valence-corrected chi connectivity index (χ3v) is 1.87. The number of rotatable bonds is 3. The van der Waals surface area contributed by atoms with E-state index in [1.54, 1.807) is 14.2 Å². The summed E-state index contributed by atoms with van der Waals surface area (Å²) in [7, 11) is 3.31. The van der Waals surface area contributed by atoms with Gasteiger partial charge in [0.2, 0.25) is 0 Å². The fourth-order valence-electron chi connectivity index (χ4n) is 1.29. The van der Waals surface area contributed by atoms with E-state index in [0.717, 1.165) is 19.6 Å². The largest absolute Gasteiger partial charge is 0.354 e. The topological polar surface area (TPSA) is 42.5 Å². The summed E-state index contributed by atoms with van der Waals surface area (Å²) in [6.07, 6.45) is -0.136. The van der Waals surface area contributed by atoms with Crippen LogP contribution in [0.1, 0.15) is 0 Å². The summed E-state index contributed by atoms with van der Waals surface area (Å²) in [5.74, 6) is 0. The molecular formula is C7H16N2O2. The van der Waals surface area contributed by atoms with Crippen molar-refractivity contribution in [1.82, 2.24) is 10.6 Å². The number of hydrogen-bond donors (Lipinski definition) is 2. The van der Waals surface area contributed by atoms with Crippen molar-refractivity contribution in [2.24, 2.45) is 0 Å². The van der Waals surface area contributed by atoms with E-state index >= 15 is 0 Å². The van der Waals surface area contributed by atoms with Crippen LogP contribution in [0.2, 0.25) is 0 Å². The van der Waals surface area contributed by atoms with Crippen LogP contribution >= 0.6 is 0 Å². The highest BCUT2D eigenvalue weighted by Crippen LogP contribution is 1.99. The summed E-state index contributed by atoms with van der Waals surface area (Å²) in [6, 6.07) is 0.277. The highest BCUT2D eigenvalue weighted by atomic mass is 16.7. The van der Waals surface area contributed by atoms with Crippen molar-refractivity contribution in [3.05, 3.63) is 0 Å². The molecule has 0 aliphatic carbocycles. The average molecular weight is 160 g/mol. The Balaban J connectivity index is 2.30. The molecule has 0 spiro atoms. The smallest absolute Gasteiger partial charge is 0.173 e. The molecule has 1 heterocycles. The molecule has 0 amide bonds. The van der Waals surface area contributed by atoms with E-state index in [4.69, 9.17) is 9.47 Å². The Bertz CT molecular complexity index is 101. The lowest BCUT2D eigenvalue weighted by molar-refractivity contribution is -0.124. The SMILES string of the molecule is COC(OC)C1CNCCN1. The van der Waals surface area contributed by atoms with Crippen LogP contribution in [0.5, 0.6) is 0 Å². The Hall–Kier alpha value is -0.160. The van der Waals surface area contributed by atoms with Gasteiger partial charge in [0.15, 0.2) is 6.29 Å². The molecule has 0 bridgehead atoms. The van der Waals surface area contributed by atoms with E-state index in [2.05, 4.69) is 10.6 Å². The van der Waals surface area contributed by atoms with Crippen molar-refractivity contribution in [2.75, 3.05) is 33.9 Å². The number of nitrogens with one attached hydrogen (secondary N) is 2. The van der Waals surface area contributed by atoms with Crippen LogP contribution in [-0.4, -0.2) is 46.2 Å². The molecule has 0 aromatic rings. The van der Waals surface area contributed by atoms with Gasteiger partial charge in [-0.15, -0.1) is 0 Å². The molecule has 2 N–H and O–H groups in total. The van der Waals surface area contributed by atoms with E-state index < -0.39 is 0 Å². The third-order valence-electron chi connectivity index (χ3n) is 1.87. The lowest BCUT2D eigenvalue weighted by atomic mass is 10.2. The Labute approximate surface area is 67.2 Å². The molecule has 1 aliphatic rings. The Morgan fingerprint density at radius 2 is 2.00 bits per heavy atom. The predicted molar refractivity (Wildman–Crippen MR) is 42.5 cm³/mol. The molecule has 0 aromatic carbocycles. The number of ether oxygens (including phenoxy) is 2. The summed E-state index contributed by atoms with van der Waals surface area (Å²) >= 11 is 0. The zero-order valence-corrected chi connectivity index (χ0v) is 7.09. The molecule has 1 rings (SSSR count). The maximum Gasteiger partial charge on any atom is 0.173 e. The van der Waals surface area contributed by atoms with Crippen molar-refractivity contribution >= 4 is 0 Å². The van der Waals surface area contributed by atoms with Crippen LogP contribution < -0.4 is 10.6 Å². The second-order valence-electron chi connectivity index (χ2n) is 2.60. The van der Waals surface area contributed by atoms with Crippen LogP contribution in [0.3, 0.4) is 0 Å². The fourth-order valence-corrected chi connectivity index (χ4v) is 1.29. The highest BCUT2D eigenvalue weighted by molar-refractivity contribution is 4.77. The summed E-state index contributed by atoms with van der Waals surface area (Å²) < 4.78 is 10.2. The standard InChI is InChI=1S/C7H16N2O2/c1-10-7(11-2)6-5-8-3-4-9-6/h6-9H,3-5H2,1-2H3. The second kappa shape index (κ2) is 4.66. The van der Waals surface area contributed by atoms with Gasteiger partial charge in [0.25, 0.3) is 0 Å².